The Kier molecular flexibility index (Phi) is 4.02. The summed E-state index contributed by atoms with van der Waals surface area (Å²) in [6.07, 6.45) is 1.80. The molecule has 1 amide bonds. The van der Waals surface area contributed by atoms with Crippen molar-refractivity contribution < 1.29 is 9.90 Å². The van der Waals surface area contributed by atoms with Crippen molar-refractivity contribution >= 4 is 23.2 Å². The van der Waals surface area contributed by atoms with Gasteiger partial charge in [-0.25, -0.2) is 4.98 Å². The lowest BCUT2D eigenvalue weighted by atomic mass is 10.1. The molecule has 0 atom stereocenters. The first-order chi connectivity index (χ1) is 9.04. The molecule has 19 heavy (non-hydrogen) atoms. The normalized spacial score (nSPS) is 10.2. The number of carbonyl (C=O) groups excluding carboxylic acids is 1. The van der Waals surface area contributed by atoms with E-state index in [0.29, 0.717) is 5.69 Å². The fourth-order valence-electron chi connectivity index (χ4n) is 1.69. The summed E-state index contributed by atoms with van der Waals surface area (Å²) >= 11 is 5.90. The van der Waals surface area contributed by atoms with Gasteiger partial charge in [0.1, 0.15) is 5.75 Å². The second kappa shape index (κ2) is 5.71. The first-order valence-electron chi connectivity index (χ1n) is 5.74. The number of nitrogens with zero attached hydrogens (tertiary/aromatic N) is 1. The van der Waals surface area contributed by atoms with Gasteiger partial charge in [-0.1, -0.05) is 23.7 Å². The van der Waals surface area contributed by atoms with Crippen LogP contribution in [0.1, 0.15) is 11.1 Å². The highest BCUT2D eigenvalue weighted by Gasteiger charge is 2.08. The molecule has 2 N–H and O–H groups in total. The minimum Gasteiger partial charge on any atom is -0.508 e. The molecule has 2 aromatic rings. The van der Waals surface area contributed by atoms with Gasteiger partial charge < -0.3 is 10.4 Å². The number of anilines is 1. The van der Waals surface area contributed by atoms with Crippen molar-refractivity contribution in [2.24, 2.45) is 0 Å². The summed E-state index contributed by atoms with van der Waals surface area (Å²) in [5.41, 5.74) is 2.14. The Balaban J connectivity index is 2.07. The van der Waals surface area contributed by atoms with Crippen LogP contribution in [-0.2, 0) is 11.2 Å². The number of halogens is 1. The number of phenolic OH excluding ortho intramolecular Hbond substituents is 1. The predicted octanol–water partition coefficient (Wildman–Crippen LogP) is 2.93. The van der Waals surface area contributed by atoms with Crippen LogP contribution in [0.4, 0.5) is 5.69 Å². The second-order valence-corrected chi connectivity index (χ2v) is 4.60. The molecule has 0 aliphatic heterocycles. The van der Waals surface area contributed by atoms with E-state index in [1.807, 2.05) is 6.92 Å². The molecule has 0 aliphatic rings. The summed E-state index contributed by atoms with van der Waals surface area (Å²) < 4.78 is 0. The number of phenols is 1. The minimum absolute atomic E-state index is 0.139. The van der Waals surface area contributed by atoms with Crippen LogP contribution >= 0.6 is 11.6 Å². The lowest BCUT2D eigenvalue weighted by molar-refractivity contribution is -0.115. The Hall–Kier alpha value is -2.07. The number of hydrogen-bond acceptors (Lipinski definition) is 3. The smallest absolute Gasteiger partial charge is 0.228 e. The number of nitrogens with one attached hydrogen (secondary N) is 1. The monoisotopic (exact) mass is 276 g/mol. The maximum absolute atomic E-state index is 11.9. The topological polar surface area (TPSA) is 62.2 Å². The number of aryl methyl sites for hydroxylation is 1. The molecule has 5 heteroatoms. The Bertz CT molecular complexity index is 614. The van der Waals surface area contributed by atoms with Crippen LogP contribution in [0.5, 0.6) is 5.75 Å². The summed E-state index contributed by atoms with van der Waals surface area (Å²) in [7, 11) is 0. The van der Waals surface area contributed by atoms with Crippen LogP contribution in [0.2, 0.25) is 5.15 Å². The van der Waals surface area contributed by atoms with E-state index < -0.39 is 0 Å². The van der Waals surface area contributed by atoms with E-state index in [2.05, 4.69) is 10.3 Å². The van der Waals surface area contributed by atoms with Crippen LogP contribution in [0.15, 0.2) is 36.5 Å². The van der Waals surface area contributed by atoms with Gasteiger partial charge in [0.15, 0.2) is 5.15 Å². The minimum atomic E-state index is -0.208. The van der Waals surface area contributed by atoms with Crippen LogP contribution in [-0.4, -0.2) is 16.0 Å². The summed E-state index contributed by atoms with van der Waals surface area (Å²) in [6.45, 7) is 1.87. The molecule has 1 aromatic heterocycles. The van der Waals surface area contributed by atoms with Crippen molar-refractivity contribution in [2.45, 2.75) is 13.3 Å². The summed E-state index contributed by atoms with van der Waals surface area (Å²) in [5, 5.41) is 12.3. The summed E-state index contributed by atoms with van der Waals surface area (Å²) in [6, 6.07) is 8.34. The van der Waals surface area contributed by atoms with Gasteiger partial charge in [-0.3, -0.25) is 4.79 Å². The number of carbonyl (C=O) groups is 1. The third kappa shape index (κ3) is 3.69. The molecule has 0 fully saturated rings. The molecular weight excluding hydrogens is 264 g/mol. The number of hydrogen-bond donors (Lipinski definition) is 2. The Morgan fingerprint density at radius 2 is 2.21 bits per heavy atom. The summed E-state index contributed by atoms with van der Waals surface area (Å²) in [4.78, 5) is 15.8. The Labute approximate surface area is 116 Å². The largest absolute Gasteiger partial charge is 0.508 e. The number of amides is 1. The molecule has 1 aromatic carbocycles. The maximum Gasteiger partial charge on any atom is 0.228 e. The molecule has 1 heterocycles. The number of rotatable bonds is 3. The SMILES string of the molecule is Cc1cnc(Cl)c(NC(=O)Cc2cccc(O)c2)c1. The second-order valence-electron chi connectivity index (χ2n) is 4.25. The average Bonchev–Trinajstić information content (AvgIpc) is 2.34. The molecule has 98 valence electrons. The first kappa shape index (κ1) is 13.4. The van der Waals surface area contributed by atoms with Crippen LogP contribution in [0.3, 0.4) is 0 Å². The van der Waals surface area contributed by atoms with Gasteiger partial charge in [-0.2, -0.15) is 0 Å². The number of aromatic hydroxyl groups is 1. The molecule has 0 aliphatic carbocycles. The van der Waals surface area contributed by atoms with Crippen molar-refractivity contribution in [1.82, 2.24) is 4.98 Å². The highest BCUT2D eigenvalue weighted by molar-refractivity contribution is 6.32. The molecule has 0 bridgehead atoms. The molecule has 4 nitrogen and oxygen atoms in total. The quantitative estimate of drug-likeness (QED) is 0.847. The van der Waals surface area contributed by atoms with Crippen molar-refractivity contribution in [3.63, 3.8) is 0 Å². The van der Waals surface area contributed by atoms with Gasteiger partial charge >= 0.3 is 0 Å². The van der Waals surface area contributed by atoms with Crippen molar-refractivity contribution in [3.05, 3.63) is 52.8 Å². The molecule has 0 spiro atoms. The molecule has 0 saturated carbocycles. The lowest BCUT2D eigenvalue weighted by Crippen LogP contribution is -2.15. The van der Waals surface area contributed by atoms with Crippen LogP contribution < -0.4 is 5.32 Å². The number of aromatic nitrogens is 1. The highest BCUT2D eigenvalue weighted by Crippen LogP contribution is 2.20. The van der Waals surface area contributed by atoms with Crippen molar-refractivity contribution in [3.8, 4) is 5.75 Å². The number of pyridine rings is 1. The molecule has 0 unspecified atom stereocenters. The van der Waals surface area contributed by atoms with Crippen molar-refractivity contribution in [1.29, 1.82) is 0 Å². The van der Waals surface area contributed by atoms with E-state index in [4.69, 9.17) is 11.6 Å². The molecule has 2 rings (SSSR count). The van der Waals surface area contributed by atoms with E-state index in [-0.39, 0.29) is 23.2 Å². The lowest BCUT2D eigenvalue weighted by Gasteiger charge is -2.07. The fraction of sp³-hybridized carbons (Fsp3) is 0.143. The zero-order valence-corrected chi connectivity index (χ0v) is 11.1. The highest BCUT2D eigenvalue weighted by atomic mass is 35.5. The van der Waals surface area contributed by atoms with E-state index in [1.54, 1.807) is 36.5 Å². The van der Waals surface area contributed by atoms with Crippen LogP contribution in [0, 0.1) is 6.92 Å². The van der Waals surface area contributed by atoms with Gasteiger partial charge in [0.2, 0.25) is 5.91 Å². The van der Waals surface area contributed by atoms with Gasteiger partial charge in [0.25, 0.3) is 0 Å². The van der Waals surface area contributed by atoms with E-state index >= 15 is 0 Å². The van der Waals surface area contributed by atoms with E-state index in [1.165, 1.54) is 0 Å². The van der Waals surface area contributed by atoms with Gasteiger partial charge in [0.05, 0.1) is 12.1 Å². The average molecular weight is 277 g/mol. The molecular formula is C14H13ClN2O2. The maximum atomic E-state index is 11.9. The zero-order valence-electron chi connectivity index (χ0n) is 10.4. The Morgan fingerprint density at radius 3 is 2.95 bits per heavy atom. The standard InChI is InChI=1S/C14H13ClN2O2/c1-9-5-12(14(15)16-8-9)17-13(19)7-10-3-2-4-11(18)6-10/h2-6,8,18H,7H2,1H3,(H,17,19). The third-order valence-electron chi connectivity index (χ3n) is 2.53. The van der Waals surface area contributed by atoms with Gasteiger partial charge in [-0.05, 0) is 36.2 Å². The first-order valence-corrected chi connectivity index (χ1v) is 6.12. The Morgan fingerprint density at radius 1 is 1.42 bits per heavy atom. The van der Waals surface area contributed by atoms with Gasteiger partial charge in [0, 0.05) is 6.20 Å². The fourth-order valence-corrected chi connectivity index (χ4v) is 1.84. The molecule has 0 saturated heterocycles. The molecule has 0 radical (unpaired) electrons. The van der Waals surface area contributed by atoms with Crippen molar-refractivity contribution in [2.75, 3.05) is 5.32 Å². The van der Waals surface area contributed by atoms with Gasteiger partial charge in [-0.15, -0.1) is 0 Å². The van der Waals surface area contributed by atoms with E-state index in [9.17, 15) is 9.90 Å². The van der Waals surface area contributed by atoms with E-state index in [0.717, 1.165) is 11.1 Å². The summed E-state index contributed by atoms with van der Waals surface area (Å²) in [5.74, 6) is -0.0690. The predicted molar refractivity (Wildman–Crippen MR) is 74.4 cm³/mol. The number of benzene rings is 1. The third-order valence-corrected chi connectivity index (χ3v) is 2.83. The van der Waals surface area contributed by atoms with Crippen LogP contribution in [0.25, 0.3) is 0 Å². The zero-order chi connectivity index (χ0) is 13.8.